The third-order valence-electron chi connectivity index (χ3n) is 3.44. The Kier molecular flexibility index (Phi) is 4.83. The van der Waals surface area contributed by atoms with Crippen LogP contribution in [0.2, 0.25) is 0 Å². The second-order valence-electron chi connectivity index (χ2n) is 5.11. The summed E-state index contributed by atoms with van der Waals surface area (Å²) in [6.07, 6.45) is -7.85. The van der Waals surface area contributed by atoms with E-state index < -0.39 is 58.7 Å². The van der Waals surface area contributed by atoms with Crippen LogP contribution < -0.4 is 0 Å². The van der Waals surface area contributed by atoms with E-state index in [2.05, 4.69) is 0 Å². The van der Waals surface area contributed by atoms with Crippen LogP contribution in [0.3, 0.4) is 0 Å². The Morgan fingerprint density at radius 1 is 0.571 bits per heavy atom. The van der Waals surface area contributed by atoms with E-state index in [1.807, 2.05) is 0 Å². The lowest BCUT2D eigenvalue weighted by Gasteiger charge is -2.44. The minimum absolute atomic E-state index is 4.66. The standard InChI is InChI=1S/C9F17NO/c10-1(28)2(11,7(20,21)22)27-8(23,24)5(16,17)3(12,13)4(14,15)6(18,19)9(27,25)26. The summed E-state index contributed by atoms with van der Waals surface area (Å²) in [6, 6.07) is -21.8. The molecular weight excluding hydrogens is 461 g/mol. The molecule has 28 heavy (non-hydrogen) atoms. The predicted molar refractivity (Wildman–Crippen MR) is 47.5 cm³/mol. The molecule has 1 rings (SSSR count). The molecule has 0 aliphatic carbocycles. The molecule has 0 N–H and O–H groups in total. The van der Waals surface area contributed by atoms with Crippen molar-refractivity contribution in [2.45, 2.75) is 47.8 Å². The number of alkyl halides is 16. The molecule has 0 aromatic rings. The van der Waals surface area contributed by atoms with Crippen LogP contribution in [-0.4, -0.2) is 58.7 Å². The largest absolute Gasteiger partial charge is 0.447 e. The Hall–Kier alpha value is -1.56. The summed E-state index contributed by atoms with van der Waals surface area (Å²) in [5.74, 6) is -41.1. The molecule has 1 fully saturated rings. The molecule has 1 aliphatic rings. The van der Waals surface area contributed by atoms with E-state index in [0.29, 0.717) is 0 Å². The molecule has 0 aromatic heterocycles. The average Bonchev–Trinajstić information content (AvgIpc) is 2.43. The molecule has 0 amide bonds. The van der Waals surface area contributed by atoms with Crippen LogP contribution in [0, 0.1) is 0 Å². The number of carbonyl (C=O) groups is 1. The van der Waals surface area contributed by atoms with Gasteiger partial charge in [-0.05, 0) is 0 Å². The smallest absolute Gasteiger partial charge is 0.255 e. The number of hydrogen-bond donors (Lipinski definition) is 0. The highest BCUT2D eigenvalue weighted by Gasteiger charge is 3.00. The van der Waals surface area contributed by atoms with Crippen LogP contribution in [0.1, 0.15) is 0 Å². The zero-order valence-electron chi connectivity index (χ0n) is 11.8. The van der Waals surface area contributed by atoms with Gasteiger partial charge in [0.15, 0.2) is 0 Å². The van der Waals surface area contributed by atoms with E-state index in [4.69, 9.17) is 0 Å². The lowest BCUT2D eigenvalue weighted by atomic mass is 9.99. The van der Waals surface area contributed by atoms with Gasteiger partial charge in [0.2, 0.25) is 0 Å². The van der Waals surface area contributed by atoms with Crippen LogP contribution >= 0.6 is 0 Å². The van der Waals surface area contributed by atoms with Crippen molar-refractivity contribution < 1.29 is 79.4 Å². The second kappa shape index (κ2) is 5.53. The molecule has 1 saturated heterocycles. The third-order valence-corrected chi connectivity index (χ3v) is 3.44. The summed E-state index contributed by atoms with van der Waals surface area (Å²) >= 11 is 0. The maximum absolute atomic E-state index is 13.6. The molecule has 166 valence electrons. The van der Waals surface area contributed by atoms with Crippen molar-refractivity contribution in [2.24, 2.45) is 0 Å². The summed E-state index contributed by atoms with van der Waals surface area (Å²) in [7, 11) is 0. The summed E-state index contributed by atoms with van der Waals surface area (Å²) in [5.41, 5.74) is 0. The first-order valence-electron chi connectivity index (χ1n) is 5.84. The van der Waals surface area contributed by atoms with E-state index in [1.165, 1.54) is 0 Å². The molecule has 0 spiro atoms. The molecule has 0 aromatic carbocycles. The Bertz CT molecular complexity index is 626. The number of hydrogen-bond acceptors (Lipinski definition) is 2. The topological polar surface area (TPSA) is 20.3 Å². The molecule has 2 nitrogen and oxygen atoms in total. The lowest BCUT2D eigenvalue weighted by molar-refractivity contribution is -0.446. The predicted octanol–water partition coefficient (Wildman–Crippen LogP) is 4.75. The summed E-state index contributed by atoms with van der Waals surface area (Å²) < 4.78 is 222. The van der Waals surface area contributed by atoms with Crippen LogP contribution in [0.5, 0.6) is 0 Å². The van der Waals surface area contributed by atoms with Gasteiger partial charge in [0, 0.05) is 0 Å². The van der Waals surface area contributed by atoms with Gasteiger partial charge in [0.25, 0.3) is 0 Å². The fraction of sp³-hybridized carbons (Fsp3) is 0.889. The van der Waals surface area contributed by atoms with Gasteiger partial charge in [-0.2, -0.15) is 70.2 Å². The number of rotatable bonds is 2. The molecule has 0 bridgehead atoms. The minimum atomic E-state index is -8.34. The maximum Gasteiger partial charge on any atom is 0.447 e. The zero-order chi connectivity index (χ0) is 23.2. The van der Waals surface area contributed by atoms with Crippen molar-refractivity contribution in [1.82, 2.24) is 4.90 Å². The van der Waals surface area contributed by atoms with Gasteiger partial charge < -0.3 is 0 Å². The number of halogens is 17. The first-order chi connectivity index (χ1) is 11.8. The SMILES string of the molecule is O=C(F)C(F)(N1C(F)(F)C(F)(F)C(F)(F)C(F)(F)C(F)(F)C1(F)F)C(F)(F)F. The average molecular weight is 461 g/mol. The van der Waals surface area contributed by atoms with E-state index in [9.17, 15) is 79.4 Å². The molecule has 1 atom stereocenters. The van der Waals surface area contributed by atoms with Crippen molar-refractivity contribution in [3.8, 4) is 0 Å². The van der Waals surface area contributed by atoms with Gasteiger partial charge in [-0.3, -0.25) is 4.79 Å². The molecule has 0 saturated carbocycles. The molecular formula is C9F17NO. The quantitative estimate of drug-likeness (QED) is 0.336. The highest BCUT2D eigenvalue weighted by molar-refractivity contribution is 5.79. The van der Waals surface area contributed by atoms with Crippen LogP contribution in [0.4, 0.5) is 74.6 Å². The number of carbonyl (C=O) groups excluding carboxylic acids is 1. The minimum Gasteiger partial charge on any atom is -0.255 e. The fourth-order valence-corrected chi connectivity index (χ4v) is 1.94. The second-order valence-corrected chi connectivity index (χ2v) is 5.11. The van der Waals surface area contributed by atoms with E-state index in [-0.39, 0.29) is 0 Å². The summed E-state index contributed by atoms with van der Waals surface area (Å²) in [5, 5.41) is 0. The van der Waals surface area contributed by atoms with Crippen LogP contribution in [0.25, 0.3) is 0 Å². The summed E-state index contributed by atoms with van der Waals surface area (Å²) in [6.45, 7) is 0. The third kappa shape index (κ3) is 2.30. The Labute approximate surface area is 139 Å². The zero-order valence-corrected chi connectivity index (χ0v) is 11.8. The van der Waals surface area contributed by atoms with Gasteiger partial charge >= 0.3 is 53.8 Å². The first-order valence-corrected chi connectivity index (χ1v) is 5.84. The van der Waals surface area contributed by atoms with Gasteiger partial charge in [-0.1, -0.05) is 0 Å². The molecule has 0 radical (unpaired) electrons. The van der Waals surface area contributed by atoms with Crippen LogP contribution in [-0.2, 0) is 4.79 Å². The van der Waals surface area contributed by atoms with E-state index >= 15 is 0 Å². The highest BCUT2D eigenvalue weighted by atomic mass is 19.4. The molecule has 1 unspecified atom stereocenters. The van der Waals surface area contributed by atoms with Gasteiger partial charge in [-0.15, -0.1) is 4.90 Å². The molecule has 1 aliphatic heterocycles. The van der Waals surface area contributed by atoms with Gasteiger partial charge in [0.1, 0.15) is 0 Å². The van der Waals surface area contributed by atoms with Crippen molar-refractivity contribution >= 4 is 6.04 Å². The fourth-order valence-electron chi connectivity index (χ4n) is 1.94. The van der Waals surface area contributed by atoms with Crippen molar-refractivity contribution in [3.63, 3.8) is 0 Å². The van der Waals surface area contributed by atoms with Crippen molar-refractivity contribution in [2.75, 3.05) is 0 Å². The Morgan fingerprint density at radius 2 is 0.821 bits per heavy atom. The molecule has 19 heteroatoms. The van der Waals surface area contributed by atoms with Gasteiger partial charge in [-0.25, -0.2) is 4.39 Å². The van der Waals surface area contributed by atoms with E-state index in [1.54, 1.807) is 0 Å². The monoisotopic (exact) mass is 461 g/mol. The van der Waals surface area contributed by atoms with Crippen molar-refractivity contribution in [1.29, 1.82) is 0 Å². The number of nitrogens with zero attached hydrogens (tertiary/aromatic N) is 1. The Balaban J connectivity index is 4.26. The summed E-state index contributed by atoms with van der Waals surface area (Å²) in [4.78, 5) is 5.45. The highest BCUT2D eigenvalue weighted by Crippen LogP contribution is 2.68. The first kappa shape index (κ1) is 24.5. The maximum atomic E-state index is 13.6. The van der Waals surface area contributed by atoms with Crippen LogP contribution in [0.15, 0.2) is 0 Å². The Morgan fingerprint density at radius 3 is 1.00 bits per heavy atom. The van der Waals surface area contributed by atoms with Gasteiger partial charge in [0.05, 0.1) is 0 Å². The van der Waals surface area contributed by atoms with E-state index in [0.717, 1.165) is 0 Å². The number of likely N-dealkylation sites (tertiary alicyclic amines) is 1. The molecule has 1 heterocycles. The van der Waals surface area contributed by atoms with Crippen molar-refractivity contribution in [3.05, 3.63) is 0 Å². The normalized spacial score (nSPS) is 30.2. The lowest BCUT2D eigenvalue weighted by Crippen LogP contribution is -2.76.